The van der Waals surface area contributed by atoms with Crippen molar-refractivity contribution in [1.29, 1.82) is 0 Å². The summed E-state index contributed by atoms with van der Waals surface area (Å²) < 4.78 is 5.54. The first kappa shape index (κ1) is 18.8. The average molecular weight is 385 g/mol. The van der Waals surface area contributed by atoms with Gasteiger partial charge in [-0.1, -0.05) is 30.3 Å². The molecule has 2 N–H and O–H groups in total. The molecule has 27 heavy (non-hydrogen) atoms. The Bertz CT molecular complexity index is 908. The van der Waals surface area contributed by atoms with Crippen molar-refractivity contribution in [2.75, 3.05) is 6.54 Å². The SMILES string of the molecule is CC(CNC(=O)CCc1nnc(-c2ccsc2)o1)(C(=O)O)c1ccccc1. The number of rotatable bonds is 8. The number of nitrogens with zero attached hydrogens (tertiary/aromatic N) is 2. The molecule has 3 rings (SSSR count). The first-order valence-electron chi connectivity index (χ1n) is 8.39. The summed E-state index contributed by atoms with van der Waals surface area (Å²) >= 11 is 1.53. The lowest BCUT2D eigenvalue weighted by molar-refractivity contribution is -0.143. The highest BCUT2D eigenvalue weighted by Crippen LogP contribution is 2.23. The van der Waals surface area contributed by atoms with Gasteiger partial charge in [-0.25, -0.2) is 0 Å². The molecule has 1 amide bonds. The maximum absolute atomic E-state index is 12.2. The Morgan fingerprint density at radius 3 is 2.67 bits per heavy atom. The third-order valence-electron chi connectivity index (χ3n) is 4.32. The second-order valence-corrected chi connectivity index (χ2v) is 7.07. The van der Waals surface area contributed by atoms with E-state index in [1.165, 1.54) is 11.3 Å². The third kappa shape index (κ3) is 4.40. The zero-order chi connectivity index (χ0) is 19.3. The number of carboxylic acid groups (broad SMARTS) is 1. The smallest absolute Gasteiger partial charge is 0.315 e. The van der Waals surface area contributed by atoms with E-state index in [0.29, 0.717) is 17.3 Å². The van der Waals surface area contributed by atoms with Crippen LogP contribution in [0, 0.1) is 0 Å². The Morgan fingerprint density at radius 1 is 1.22 bits per heavy atom. The van der Waals surface area contributed by atoms with E-state index in [1.807, 2.05) is 22.9 Å². The highest BCUT2D eigenvalue weighted by atomic mass is 32.1. The summed E-state index contributed by atoms with van der Waals surface area (Å²) in [6, 6.07) is 10.7. The van der Waals surface area contributed by atoms with Gasteiger partial charge in [-0.15, -0.1) is 10.2 Å². The van der Waals surface area contributed by atoms with Crippen molar-refractivity contribution >= 4 is 23.2 Å². The van der Waals surface area contributed by atoms with E-state index in [-0.39, 0.29) is 25.3 Å². The van der Waals surface area contributed by atoms with Gasteiger partial charge in [0.15, 0.2) is 0 Å². The highest BCUT2D eigenvalue weighted by Gasteiger charge is 2.35. The Morgan fingerprint density at radius 2 is 2.00 bits per heavy atom. The van der Waals surface area contributed by atoms with E-state index < -0.39 is 11.4 Å². The molecular formula is C19H19N3O4S. The number of nitrogens with one attached hydrogen (secondary N) is 1. The van der Waals surface area contributed by atoms with Gasteiger partial charge in [0.1, 0.15) is 5.41 Å². The number of hydrogen-bond donors (Lipinski definition) is 2. The number of hydrogen-bond acceptors (Lipinski definition) is 6. The first-order chi connectivity index (χ1) is 13.0. The molecule has 0 aliphatic carbocycles. The molecule has 3 aromatic rings. The van der Waals surface area contributed by atoms with Crippen LogP contribution in [-0.4, -0.2) is 33.7 Å². The second kappa shape index (κ2) is 8.13. The number of aromatic nitrogens is 2. The van der Waals surface area contributed by atoms with Crippen molar-refractivity contribution in [2.24, 2.45) is 0 Å². The molecule has 2 heterocycles. The average Bonchev–Trinajstić information content (AvgIpc) is 3.36. The van der Waals surface area contributed by atoms with Crippen molar-refractivity contribution in [2.45, 2.75) is 25.2 Å². The highest BCUT2D eigenvalue weighted by molar-refractivity contribution is 7.08. The van der Waals surface area contributed by atoms with Crippen LogP contribution in [0.1, 0.15) is 24.8 Å². The van der Waals surface area contributed by atoms with Crippen molar-refractivity contribution in [3.63, 3.8) is 0 Å². The van der Waals surface area contributed by atoms with Gasteiger partial charge in [0.25, 0.3) is 0 Å². The lowest BCUT2D eigenvalue weighted by Crippen LogP contribution is -2.44. The van der Waals surface area contributed by atoms with Gasteiger partial charge in [0, 0.05) is 30.3 Å². The predicted molar refractivity (Wildman–Crippen MR) is 100 cm³/mol. The second-order valence-electron chi connectivity index (χ2n) is 6.29. The van der Waals surface area contributed by atoms with E-state index in [2.05, 4.69) is 15.5 Å². The van der Waals surface area contributed by atoms with Gasteiger partial charge in [0.2, 0.25) is 17.7 Å². The van der Waals surface area contributed by atoms with E-state index in [4.69, 9.17) is 4.42 Å². The molecule has 0 saturated carbocycles. The molecule has 1 unspecified atom stereocenters. The minimum absolute atomic E-state index is 0.00479. The normalized spacial score (nSPS) is 13.1. The molecule has 0 aliphatic rings. The molecule has 1 aromatic carbocycles. The van der Waals surface area contributed by atoms with Crippen LogP contribution in [0.4, 0.5) is 0 Å². The molecule has 0 aliphatic heterocycles. The standard InChI is InChI=1S/C19H19N3O4S/c1-19(18(24)25,14-5-3-2-4-6-14)12-20-15(23)7-8-16-21-22-17(26-16)13-9-10-27-11-13/h2-6,9-11H,7-8,12H2,1H3,(H,20,23)(H,24,25). The number of aliphatic carboxylic acids is 1. The molecule has 140 valence electrons. The maximum atomic E-state index is 12.2. The zero-order valence-electron chi connectivity index (χ0n) is 14.7. The molecule has 0 bridgehead atoms. The molecule has 7 nitrogen and oxygen atoms in total. The van der Waals surface area contributed by atoms with E-state index in [1.54, 1.807) is 31.2 Å². The monoisotopic (exact) mass is 385 g/mol. The number of thiophene rings is 1. The van der Waals surface area contributed by atoms with Crippen LogP contribution in [0.2, 0.25) is 0 Å². The first-order valence-corrected chi connectivity index (χ1v) is 9.34. The molecule has 0 saturated heterocycles. The van der Waals surface area contributed by atoms with Crippen LogP contribution < -0.4 is 5.32 Å². The Hall–Kier alpha value is -3.00. The number of benzene rings is 1. The van der Waals surface area contributed by atoms with Gasteiger partial charge in [-0.3, -0.25) is 9.59 Å². The molecule has 1 atom stereocenters. The summed E-state index contributed by atoms with van der Waals surface area (Å²) in [4.78, 5) is 23.9. The number of carboxylic acids is 1. The summed E-state index contributed by atoms with van der Waals surface area (Å²) in [5, 5.41) is 24.0. The van der Waals surface area contributed by atoms with Gasteiger partial charge in [-0.05, 0) is 23.9 Å². The van der Waals surface area contributed by atoms with Gasteiger partial charge in [-0.2, -0.15) is 11.3 Å². The fraction of sp³-hybridized carbons (Fsp3) is 0.263. The quantitative estimate of drug-likeness (QED) is 0.618. The fourth-order valence-corrected chi connectivity index (χ4v) is 3.18. The van der Waals surface area contributed by atoms with E-state index >= 15 is 0 Å². The van der Waals surface area contributed by atoms with Crippen molar-refractivity contribution in [3.8, 4) is 11.5 Å². The Labute approximate surface area is 160 Å². The van der Waals surface area contributed by atoms with Gasteiger partial charge >= 0.3 is 5.97 Å². The number of amides is 1. The van der Waals surface area contributed by atoms with Crippen LogP contribution in [0.3, 0.4) is 0 Å². The van der Waals surface area contributed by atoms with Crippen LogP contribution in [0.5, 0.6) is 0 Å². The van der Waals surface area contributed by atoms with Gasteiger partial charge in [0.05, 0.1) is 0 Å². The van der Waals surface area contributed by atoms with Crippen LogP contribution in [0.15, 0.2) is 51.6 Å². The molecule has 0 fully saturated rings. The predicted octanol–water partition coefficient (Wildman–Crippen LogP) is 2.89. The van der Waals surface area contributed by atoms with E-state index in [9.17, 15) is 14.7 Å². The van der Waals surface area contributed by atoms with Crippen LogP contribution in [0.25, 0.3) is 11.5 Å². The van der Waals surface area contributed by atoms with Crippen LogP contribution in [-0.2, 0) is 21.4 Å². The summed E-state index contributed by atoms with van der Waals surface area (Å²) in [6.45, 7) is 1.59. The minimum atomic E-state index is -1.20. The third-order valence-corrected chi connectivity index (χ3v) is 5.01. The maximum Gasteiger partial charge on any atom is 0.315 e. The molecule has 8 heteroatoms. The lowest BCUT2D eigenvalue weighted by Gasteiger charge is -2.25. The van der Waals surface area contributed by atoms with Crippen molar-refractivity contribution < 1.29 is 19.1 Å². The molecular weight excluding hydrogens is 366 g/mol. The van der Waals surface area contributed by atoms with Crippen molar-refractivity contribution in [1.82, 2.24) is 15.5 Å². The van der Waals surface area contributed by atoms with Gasteiger partial charge < -0.3 is 14.8 Å². The fourth-order valence-electron chi connectivity index (χ4n) is 2.55. The molecule has 0 radical (unpaired) electrons. The largest absolute Gasteiger partial charge is 0.481 e. The van der Waals surface area contributed by atoms with Crippen molar-refractivity contribution in [3.05, 3.63) is 58.6 Å². The Kier molecular flexibility index (Phi) is 5.66. The Balaban J connectivity index is 1.55. The molecule has 0 spiro atoms. The number of aryl methyl sites for hydroxylation is 1. The number of carbonyl (C=O) groups excluding carboxylic acids is 1. The zero-order valence-corrected chi connectivity index (χ0v) is 15.5. The summed E-state index contributed by atoms with van der Waals surface area (Å²) in [6.07, 6.45) is 0.424. The summed E-state index contributed by atoms with van der Waals surface area (Å²) in [5.41, 5.74) is 0.284. The summed E-state index contributed by atoms with van der Waals surface area (Å²) in [7, 11) is 0. The topological polar surface area (TPSA) is 105 Å². The lowest BCUT2D eigenvalue weighted by atomic mass is 9.82. The molecule has 2 aromatic heterocycles. The minimum Gasteiger partial charge on any atom is -0.481 e. The van der Waals surface area contributed by atoms with Crippen LogP contribution >= 0.6 is 11.3 Å². The number of carbonyl (C=O) groups is 2. The summed E-state index contributed by atoms with van der Waals surface area (Å²) in [5.74, 6) is -0.468. The van der Waals surface area contributed by atoms with E-state index in [0.717, 1.165) is 5.56 Å².